The number of nitrogens with zero attached hydrogens (tertiary/aromatic N) is 2. The first-order chi connectivity index (χ1) is 8.54. The molecule has 100 valence electrons. The summed E-state index contributed by atoms with van der Waals surface area (Å²) in [6.45, 7) is 3.09. The van der Waals surface area contributed by atoms with Crippen molar-refractivity contribution in [3.8, 4) is 0 Å². The predicted octanol–water partition coefficient (Wildman–Crippen LogP) is 2.56. The van der Waals surface area contributed by atoms with Gasteiger partial charge in [-0.2, -0.15) is 5.10 Å². The van der Waals surface area contributed by atoms with Gasteiger partial charge in [-0.05, 0) is 56.9 Å². The Morgan fingerprint density at radius 2 is 2.11 bits per heavy atom. The van der Waals surface area contributed by atoms with Crippen LogP contribution < -0.4 is 5.32 Å². The van der Waals surface area contributed by atoms with Gasteiger partial charge in [-0.15, -0.1) is 0 Å². The smallest absolute Gasteiger partial charge is 0.0847 e. The predicted molar refractivity (Wildman–Crippen MR) is 73.8 cm³/mol. The second-order valence-corrected chi connectivity index (χ2v) is 6.72. The highest BCUT2D eigenvalue weighted by Crippen LogP contribution is 2.60. The van der Waals surface area contributed by atoms with Gasteiger partial charge in [0.25, 0.3) is 0 Å². The van der Waals surface area contributed by atoms with Crippen molar-refractivity contribution in [2.24, 2.45) is 24.3 Å². The van der Waals surface area contributed by atoms with Crippen LogP contribution in [0.4, 0.5) is 0 Å². The monoisotopic (exact) mass is 267 g/mol. The van der Waals surface area contributed by atoms with Gasteiger partial charge in [0.05, 0.1) is 16.4 Å². The molecule has 1 heterocycles. The summed E-state index contributed by atoms with van der Waals surface area (Å²) >= 11 is 6.40. The summed E-state index contributed by atoms with van der Waals surface area (Å²) in [4.78, 5) is 0. The van der Waals surface area contributed by atoms with Crippen molar-refractivity contribution in [3.63, 3.8) is 0 Å². The van der Waals surface area contributed by atoms with Crippen LogP contribution in [0.25, 0.3) is 0 Å². The molecule has 3 rings (SSSR count). The number of aromatic nitrogens is 2. The third-order valence-electron chi connectivity index (χ3n) is 4.82. The van der Waals surface area contributed by atoms with E-state index in [0.29, 0.717) is 5.41 Å². The molecule has 3 nitrogen and oxygen atoms in total. The van der Waals surface area contributed by atoms with E-state index in [9.17, 15) is 0 Å². The first-order valence-corrected chi connectivity index (χ1v) is 7.25. The molecule has 0 amide bonds. The van der Waals surface area contributed by atoms with E-state index in [1.54, 1.807) is 0 Å². The van der Waals surface area contributed by atoms with Gasteiger partial charge in [-0.25, -0.2) is 0 Å². The van der Waals surface area contributed by atoms with Gasteiger partial charge >= 0.3 is 0 Å². The number of nitrogens with one attached hydrogen (secondary N) is 1. The molecular formula is C14H22ClN3. The minimum Gasteiger partial charge on any atom is -0.319 e. The number of hydrogen-bond donors (Lipinski definition) is 1. The highest BCUT2D eigenvalue weighted by Gasteiger charge is 2.53. The fraction of sp³-hybridized carbons (Fsp3) is 0.786. The molecule has 2 atom stereocenters. The van der Waals surface area contributed by atoms with E-state index in [2.05, 4.69) is 17.5 Å². The van der Waals surface area contributed by atoms with E-state index in [4.69, 9.17) is 11.6 Å². The Kier molecular flexibility index (Phi) is 2.94. The molecule has 1 aromatic rings. The van der Waals surface area contributed by atoms with Crippen LogP contribution in [0.15, 0.2) is 0 Å². The van der Waals surface area contributed by atoms with Crippen LogP contribution in [0.1, 0.15) is 30.7 Å². The second-order valence-electron chi connectivity index (χ2n) is 6.34. The maximum atomic E-state index is 6.40. The van der Waals surface area contributed by atoms with Crippen LogP contribution >= 0.6 is 11.6 Å². The molecule has 0 spiro atoms. The molecule has 2 fully saturated rings. The third kappa shape index (κ3) is 1.97. The zero-order valence-electron chi connectivity index (χ0n) is 11.5. The zero-order valence-corrected chi connectivity index (χ0v) is 12.2. The van der Waals surface area contributed by atoms with Crippen LogP contribution in [-0.2, 0) is 13.5 Å². The van der Waals surface area contributed by atoms with Crippen molar-refractivity contribution >= 4 is 11.6 Å². The Morgan fingerprint density at radius 1 is 1.44 bits per heavy atom. The van der Waals surface area contributed by atoms with E-state index in [0.717, 1.165) is 35.5 Å². The van der Waals surface area contributed by atoms with E-state index < -0.39 is 0 Å². The van der Waals surface area contributed by atoms with Gasteiger partial charge in [0, 0.05) is 13.6 Å². The molecular weight excluding hydrogens is 246 g/mol. The van der Waals surface area contributed by atoms with Gasteiger partial charge in [0.2, 0.25) is 0 Å². The normalized spacial score (nSPS) is 33.8. The van der Waals surface area contributed by atoms with Gasteiger partial charge in [-0.3, -0.25) is 4.68 Å². The molecule has 1 N–H and O–H groups in total. The zero-order chi connectivity index (χ0) is 12.9. The van der Waals surface area contributed by atoms with Crippen molar-refractivity contribution in [3.05, 3.63) is 16.4 Å². The highest BCUT2D eigenvalue weighted by molar-refractivity contribution is 6.31. The second kappa shape index (κ2) is 4.24. The Balaban J connectivity index is 1.84. The molecule has 2 saturated carbocycles. The Hall–Kier alpha value is -0.540. The van der Waals surface area contributed by atoms with Gasteiger partial charge < -0.3 is 5.32 Å². The number of hydrogen-bond acceptors (Lipinski definition) is 2. The summed E-state index contributed by atoms with van der Waals surface area (Å²) in [7, 11) is 4.07. The first kappa shape index (κ1) is 12.5. The summed E-state index contributed by atoms with van der Waals surface area (Å²) < 4.78 is 1.97. The number of rotatable bonds is 4. The molecule has 2 unspecified atom stereocenters. The van der Waals surface area contributed by atoms with Crippen LogP contribution in [-0.4, -0.2) is 23.4 Å². The number of halogens is 1. The van der Waals surface area contributed by atoms with E-state index in [1.807, 2.05) is 18.7 Å². The van der Waals surface area contributed by atoms with Crippen molar-refractivity contribution < 1.29 is 0 Å². The van der Waals surface area contributed by atoms with Crippen molar-refractivity contribution in [2.75, 3.05) is 13.6 Å². The Morgan fingerprint density at radius 3 is 2.61 bits per heavy atom. The summed E-state index contributed by atoms with van der Waals surface area (Å²) in [5, 5.41) is 8.69. The maximum absolute atomic E-state index is 6.40. The molecule has 0 aliphatic heterocycles. The molecule has 0 radical (unpaired) electrons. The van der Waals surface area contributed by atoms with E-state index in [-0.39, 0.29) is 0 Å². The molecule has 2 aliphatic carbocycles. The average molecular weight is 268 g/mol. The summed E-state index contributed by atoms with van der Waals surface area (Å²) in [5.41, 5.74) is 2.58. The lowest BCUT2D eigenvalue weighted by atomic mass is 9.78. The summed E-state index contributed by atoms with van der Waals surface area (Å²) in [5.74, 6) is 1.98. The molecule has 0 bridgehead atoms. The number of aryl methyl sites for hydroxylation is 2. The largest absolute Gasteiger partial charge is 0.319 e. The lowest BCUT2D eigenvalue weighted by Crippen LogP contribution is -2.34. The van der Waals surface area contributed by atoms with Gasteiger partial charge in [-0.1, -0.05) is 11.6 Å². The van der Waals surface area contributed by atoms with E-state index in [1.165, 1.54) is 25.0 Å². The van der Waals surface area contributed by atoms with Crippen LogP contribution in [0, 0.1) is 24.2 Å². The Bertz CT molecular complexity index is 456. The van der Waals surface area contributed by atoms with Gasteiger partial charge in [0.15, 0.2) is 0 Å². The van der Waals surface area contributed by atoms with Crippen molar-refractivity contribution in [2.45, 2.75) is 32.6 Å². The van der Waals surface area contributed by atoms with Gasteiger partial charge in [0.1, 0.15) is 0 Å². The molecule has 2 aliphatic rings. The molecule has 18 heavy (non-hydrogen) atoms. The maximum Gasteiger partial charge on any atom is 0.0847 e. The SMILES string of the molecule is CNCC1(Cc2c(Cl)c(C)nn2C)CC2CC2C1. The summed E-state index contributed by atoms with van der Waals surface area (Å²) in [6.07, 6.45) is 5.25. The molecule has 4 heteroatoms. The van der Waals surface area contributed by atoms with E-state index >= 15 is 0 Å². The number of fused-ring (bicyclic) bond motifs is 1. The van der Waals surface area contributed by atoms with Crippen LogP contribution in [0.5, 0.6) is 0 Å². The summed E-state index contributed by atoms with van der Waals surface area (Å²) in [6, 6.07) is 0. The highest BCUT2D eigenvalue weighted by atomic mass is 35.5. The lowest BCUT2D eigenvalue weighted by Gasteiger charge is -2.31. The third-order valence-corrected chi connectivity index (χ3v) is 5.31. The minimum atomic E-state index is 0.409. The lowest BCUT2D eigenvalue weighted by molar-refractivity contribution is 0.250. The fourth-order valence-corrected chi connectivity index (χ4v) is 4.19. The average Bonchev–Trinajstić information content (AvgIpc) is 2.86. The Labute approximate surface area is 114 Å². The fourth-order valence-electron chi connectivity index (χ4n) is 3.96. The first-order valence-electron chi connectivity index (χ1n) is 6.87. The van der Waals surface area contributed by atoms with Crippen LogP contribution in [0.3, 0.4) is 0 Å². The van der Waals surface area contributed by atoms with Crippen molar-refractivity contribution in [1.82, 2.24) is 15.1 Å². The molecule has 1 aromatic heterocycles. The standard InChI is InChI=1S/C14H22ClN3/c1-9-13(15)12(18(3)17-9)7-14(8-16-2)5-10-4-11(10)6-14/h10-11,16H,4-8H2,1-3H3. The van der Waals surface area contributed by atoms with Crippen molar-refractivity contribution in [1.29, 1.82) is 0 Å². The topological polar surface area (TPSA) is 29.9 Å². The van der Waals surface area contributed by atoms with Crippen LogP contribution in [0.2, 0.25) is 5.02 Å². The minimum absolute atomic E-state index is 0.409. The molecule has 0 saturated heterocycles. The molecule has 0 aromatic carbocycles. The quantitative estimate of drug-likeness (QED) is 0.909.